The Bertz CT molecular complexity index is 1750. The van der Waals surface area contributed by atoms with E-state index in [9.17, 15) is 19.2 Å². The van der Waals surface area contributed by atoms with Crippen molar-refractivity contribution >= 4 is 66.7 Å². The maximum atomic E-state index is 13.5. The number of nitrogens with one attached hydrogen (secondary N) is 3. The Morgan fingerprint density at radius 3 is 1.46 bits per heavy atom. The number of carbonyl (C=O) groups excluding carboxylic acids is 4. The molecule has 0 bridgehead atoms. The first kappa shape index (κ1) is 26.6. The normalized spacial score (nSPS) is 12.9. The Labute approximate surface area is 235 Å². The molecule has 0 aromatic heterocycles. The van der Waals surface area contributed by atoms with E-state index in [4.69, 9.17) is 9.47 Å². The number of amides is 4. The first-order valence-electron chi connectivity index (χ1n) is 13.6. The fraction of sp³-hybridized carbons (Fsp3) is 0.250. The van der Waals surface area contributed by atoms with Gasteiger partial charge >= 0.3 is 0 Å². The number of fused-ring (bicyclic) bond motifs is 2. The first-order chi connectivity index (χ1) is 20.0. The molecule has 41 heavy (non-hydrogen) atoms. The highest BCUT2D eigenvalue weighted by Gasteiger charge is 2.29. The number of ether oxygens (including phenoxy) is 2. The van der Waals surface area contributed by atoms with Crippen molar-refractivity contribution in [3.63, 3.8) is 0 Å². The zero-order valence-electron chi connectivity index (χ0n) is 22.8. The van der Waals surface area contributed by atoms with Crippen LogP contribution >= 0.6 is 0 Å². The van der Waals surface area contributed by atoms with Gasteiger partial charge < -0.3 is 20.1 Å². The largest absolute Gasteiger partial charge is 0.385 e. The summed E-state index contributed by atoms with van der Waals surface area (Å²) in [6.07, 6.45) is 1.31. The van der Waals surface area contributed by atoms with Crippen molar-refractivity contribution in [1.29, 1.82) is 0 Å². The summed E-state index contributed by atoms with van der Waals surface area (Å²) < 4.78 is 10.2. The maximum Gasteiger partial charge on any atom is 0.258 e. The van der Waals surface area contributed by atoms with Crippen LogP contribution in [0.4, 0.5) is 0 Å². The van der Waals surface area contributed by atoms with Gasteiger partial charge in [0.05, 0.1) is 0 Å². The van der Waals surface area contributed by atoms with Gasteiger partial charge in [0.2, 0.25) is 0 Å². The van der Waals surface area contributed by atoms with Crippen molar-refractivity contribution in [3.05, 3.63) is 70.8 Å². The molecule has 0 saturated heterocycles. The molecule has 0 fully saturated rings. The Morgan fingerprint density at radius 2 is 1.02 bits per heavy atom. The van der Waals surface area contributed by atoms with Crippen LogP contribution in [0.25, 0.3) is 43.1 Å². The molecule has 0 radical (unpaired) electrons. The highest BCUT2D eigenvalue weighted by molar-refractivity contribution is 6.40. The standard InChI is InChI=1S/C32H29N3O6/c1-40-15-3-13-33-29(36)21-9-5-17-19-7-11-23-28-24(32(39)35-31(23)38)12-8-20(26(19)28)18-6-10-22(27(21)25(17)18)30(37)34-14-4-16-41-2/h5-12H,3-4,13-16H2,1-2H3,(H,33,36)(H,34,37)(H,35,38,39). The molecule has 0 spiro atoms. The predicted octanol–water partition coefficient (Wildman–Crippen LogP) is 4.15. The van der Waals surface area contributed by atoms with E-state index >= 15 is 0 Å². The summed E-state index contributed by atoms with van der Waals surface area (Å²) in [5.41, 5.74) is 1.68. The molecular weight excluding hydrogens is 522 g/mol. The van der Waals surface area contributed by atoms with E-state index in [1.807, 2.05) is 24.3 Å². The van der Waals surface area contributed by atoms with E-state index in [1.165, 1.54) is 0 Å². The summed E-state index contributed by atoms with van der Waals surface area (Å²) in [5, 5.41) is 14.4. The first-order valence-corrected chi connectivity index (χ1v) is 13.6. The number of hydrogen-bond acceptors (Lipinski definition) is 6. The quantitative estimate of drug-likeness (QED) is 0.104. The molecule has 1 aliphatic rings. The summed E-state index contributed by atoms with van der Waals surface area (Å²) in [7, 11) is 3.22. The van der Waals surface area contributed by atoms with Gasteiger partial charge in [-0.3, -0.25) is 24.5 Å². The van der Waals surface area contributed by atoms with Crippen LogP contribution in [0.15, 0.2) is 48.5 Å². The van der Waals surface area contributed by atoms with E-state index in [-0.39, 0.29) is 11.8 Å². The van der Waals surface area contributed by atoms with Crippen LogP contribution in [0.3, 0.4) is 0 Å². The minimum absolute atomic E-state index is 0.281. The molecule has 5 aromatic carbocycles. The molecular formula is C32H29N3O6. The molecule has 0 unspecified atom stereocenters. The Balaban J connectivity index is 1.62. The summed E-state index contributed by atoms with van der Waals surface area (Å²) in [4.78, 5) is 52.4. The number of imide groups is 1. The number of methoxy groups -OCH3 is 2. The van der Waals surface area contributed by atoms with Gasteiger partial charge in [-0.05, 0) is 69.4 Å². The summed E-state index contributed by atoms with van der Waals surface area (Å²) in [5.74, 6) is -1.42. The second kappa shape index (κ2) is 10.8. The molecule has 4 amide bonds. The molecule has 1 heterocycles. The number of rotatable bonds is 10. The van der Waals surface area contributed by atoms with Crippen LogP contribution in [0.5, 0.6) is 0 Å². The smallest absolute Gasteiger partial charge is 0.258 e. The van der Waals surface area contributed by atoms with Crippen LogP contribution in [-0.4, -0.2) is 64.2 Å². The van der Waals surface area contributed by atoms with Crippen molar-refractivity contribution in [2.75, 3.05) is 40.5 Å². The van der Waals surface area contributed by atoms with Gasteiger partial charge in [0, 0.05) is 73.5 Å². The third kappa shape index (κ3) is 4.34. The van der Waals surface area contributed by atoms with Crippen LogP contribution in [0, 0.1) is 0 Å². The lowest BCUT2D eigenvalue weighted by molar-refractivity contribution is 0.0842. The third-order valence-electron chi connectivity index (χ3n) is 7.73. The molecule has 9 heteroatoms. The van der Waals surface area contributed by atoms with E-state index in [0.717, 1.165) is 32.3 Å². The Morgan fingerprint density at radius 1 is 0.610 bits per heavy atom. The molecule has 0 aliphatic carbocycles. The van der Waals surface area contributed by atoms with Crippen LogP contribution in [0.1, 0.15) is 54.3 Å². The van der Waals surface area contributed by atoms with Gasteiger partial charge in [0.15, 0.2) is 0 Å². The molecule has 5 aromatic rings. The van der Waals surface area contributed by atoms with Crippen LogP contribution in [-0.2, 0) is 9.47 Å². The second-order valence-corrected chi connectivity index (χ2v) is 10.1. The van der Waals surface area contributed by atoms with Crippen molar-refractivity contribution in [1.82, 2.24) is 16.0 Å². The molecule has 0 saturated carbocycles. The topological polar surface area (TPSA) is 123 Å². The van der Waals surface area contributed by atoms with Crippen LogP contribution in [0.2, 0.25) is 0 Å². The molecule has 6 rings (SSSR count). The molecule has 0 atom stereocenters. The summed E-state index contributed by atoms with van der Waals surface area (Å²) in [6.45, 7) is 1.89. The van der Waals surface area contributed by atoms with E-state index in [0.29, 0.717) is 72.2 Å². The molecule has 208 valence electrons. The predicted molar refractivity (Wildman–Crippen MR) is 157 cm³/mol. The third-order valence-corrected chi connectivity index (χ3v) is 7.73. The van der Waals surface area contributed by atoms with Gasteiger partial charge in [-0.2, -0.15) is 0 Å². The minimum Gasteiger partial charge on any atom is -0.385 e. The van der Waals surface area contributed by atoms with Gasteiger partial charge in [-0.1, -0.05) is 24.3 Å². The highest BCUT2D eigenvalue weighted by Crippen LogP contribution is 2.44. The van der Waals surface area contributed by atoms with Gasteiger partial charge in [-0.15, -0.1) is 0 Å². The van der Waals surface area contributed by atoms with E-state index in [2.05, 4.69) is 16.0 Å². The van der Waals surface area contributed by atoms with Gasteiger partial charge in [0.1, 0.15) is 0 Å². The molecule has 1 aliphatic heterocycles. The molecule has 9 nitrogen and oxygen atoms in total. The van der Waals surface area contributed by atoms with E-state index < -0.39 is 11.8 Å². The number of hydrogen-bond donors (Lipinski definition) is 3. The average Bonchev–Trinajstić information content (AvgIpc) is 2.98. The highest BCUT2D eigenvalue weighted by atomic mass is 16.5. The van der Waals surface area contributed by atoms with Crippen molar-refractivity contribution in [2.24, 2.45) is 0 Å². The lowest BCUT2D eigenvalue weighted by Crippen LogP contribution is -2.34. The zero-order valence-corrected chi connectivity index (χ0v) is 22.8. The Kier molecular flexibility index (Phi) is 6.98. The number of benzene rings is 5. The monoisotopic (exact) mass is 551 g/mol. The lowest BCUT2D eigenvalue weighted by atomic mass is 9.83. The van der Waals surface area contributed by atoms with Crippen molar-refractivity contribution in [2.45, 2.75) is 12.8 Å². The second-order valence-electron chi connectivity index (χ2n) is 10.1. The van der Waals surface area contributed by atoms with E-state index in [1.54, 1.807) is 38.5 Å². The average molecular weight is 552 g/mol. The number of carbonyl (C=O) groups is 4. The lowest BCUT2D eigenvalue weighted by Gasteiger charge is -2.22. The SMILES string of the molecule is COCCCNC(=O)c1ccc2c3ccc4c5c(ccc(c6ccc(C(=O)NCCCOC)c1c26)c53)C(=O)NC4=O. The van der Waals surface area contributed by atoms with Gasteiger partial charge in [0.25, 0.3) is 23.6 Å². The fourth-order valence-electron chi connectivity index (χ4n) is 5.91. The molecule has 3 N–H and O–H groups in total. The van der Waals surface area contributed by atoms with Crippen molar-refractivity contribution in [3.8, 4) is 0 Å². The van der Waals surface area contributed by atoms with Gasteiger partial charge in [-0.25, -0.2) is 0 Å². The summed E-state index contributed by atoms with van der Waals surface area (Å²) >= 11 is 0. The fourth-order valence-corrected chi connectivity index (χ4v) is 5.91. The summed E-state index contributed by atoms with van der Waals surface area (Å²) in [6, 6.07) is 14.5. The van der Waals surface area contributed by atoms with Crippen molar-refractivity contribution < 1.29 is 28.7 Å². The zero-order chi connectivity index (χ0) is 28.7. The Hall–Kier alpha value is -4.60. The van der Waals surface area contributed by atoms with Crippen LogP contribution < -0.4 is 16.0 Å². The maximum absolute atomic E-state index is 13.5. The minimum atomic E-state index is -0.428.